The zero-order valence-electron chi connectivity index (χ0n) is 10.8. The number of thiophene rings is 1. The van der Waals surface area contributed by atoms with Crippen molar-refractivity contribution in [2.75, 3.05) is 19.5 Å². The van der Waals surface area contributed by atoms with E-state index in [1.807, 2.05) is 12.1 Å². The van der Waals surface area contributed by atoms with E-state index in [9.17, 15) is 0 Å². The first kappa shape index (κ1) is 12.8. The van der Waals surface area contributed by atoms with E-state index in [2.05, 4.69) is 29.1 Å². The molecule has 0 aliphatic rings. The maximum Gasteiger partial charge on any atom is 0.162 e. The highest BCUT2D eigenvalue weighted by Crippen LogP contribution is 2.33. The van der Waals surface area contributed by atoms with E-state index in [0.717, 1.165) is 29.3 Å². The van der Waals surface area contributed by atoms with Crippen molar-refractivity contribution in [3.63, 3.8) is 0 Å². The van der Waals surface area contributed by atoms with E-state index >= 15 is 0 Å². The van der Waals surface area contributed by atoms with Gasteiger partial charge in [-0.1, -0.05) is 0 Å². The van der Waals surface area contributed by atoms with Gasteiger partial charge < -0.3 is 14.8 Å². The SMILES string of the molecule is COc1cc(C)c(NCc2ccsc2)cc1OC. The fourth-order valence-corrected chi connectivity index (χ4v) is 2.43. The lowest BCUT2D eigenvalue weighted by Gasteiger charge is -2.14. The van der Waals surface area contributed by atoms with Crippen LogP contribution in [0, 0.1) is 6.92 Å². The van der Waals surface area contributed by atoms with Gasteiger partial charge in [-0.2, -0.15) is 11.3 Å². The number of nitrogens with one attached hydrogen (secondary N) is 1. The van der Waals surface area contributed by atoms with Crippen molar-refractivity contribution in [2.45, 2.75) is 13.5 Å². The smallest absolute Gasteiger partial charge is 0.162 e. The minimum atomic E-state index is 0.746. The number of aryl methyl sites for hydroxylation is 1. The molecule has 0 bridgehead atoms. The fraction of sp³-hybridized carbons (Fsp3) is 0.286. The zero-order valence-corrected chi connectivity index (χ0v) is 11.6. The van der Waals surface area contributed by atoms with Gasteiger partial charge in [-0.25, -0.2) is 0 Å². The Morgan fingerprint density at radius 1 is 1.17 bits per heavy atom. The van der Waals surface area contributed by atoms with Crippen LogP contribution in [0.1, 0.15) is 11.1 Å². The lowest BCUT2D eigenvalue weighted by Crippen LogP contribution is -2.01. The Labute approximate surface area is 111 Å². The molecule has 3 nitrogen and oxygen atoms in total. The standard InChI is InChI=1S/C14H17NO2S/c1-10-6-13(16-2)14(17-3)7-12(10)15-8-11-4-5-18-9-11/h4-7,9,15H,8H2,1-3H3. The molecular formula is C14H17NO2S. The number of ether oxygens (including phenoxy) is 2. The number of anilines is 1. The number of methoxy groups -OCH3 is 2. The summed E-state index contributed by atoms with van der Waals surface area (Å²) in [4.78, 5) is 0. The molecule has 1 aromatic heterocycles. The third-order valence-corrected chi connectivity index (χ3v) is 3.53. The summed E-state index contributed by atoms with van der Waals surface area (Å²) in [5.41, 5.74) is 3.50. The van der Waals surface area contributed by atoms with Crippen LogP contribution in [0.5, 0.6) is 11.5 Å². The van der Waals surface area contributed by atoms with E-state index in [0.29, 0.717) is 0 Å². The van der Waals surface area contributed by atoms with Crippen LogP contribution in [0.2, 0.25) is 0 Å². The Kier molecular flexibility index (Phi) is 4.10. The molecule has 2 aromatic rings. The summed E-state index contributed by atoms with van der Waals surface area (Å²) in [5, 5.41) is 7.64. The Balaban J connectivity index is 2.17. The first-order valence-corrected chi connectivity index (χ1v) is 6.66. The van der Waals surface area contributed by atoms with Crippen LogP contribution in [0.15, 0.2) is 29.0 Å². The van der Waals surface area contributed by atoms with Crippen molar-refractivity contribution < 1.29 is 9.47 Å². The second-order valence-electron chi connectivity index (χ2n) is 4.01. The van der Waals surface area contributed by atoms with Gasteiger partial charge in [-0.3, -0.25) is 0 Å². The molecule has 0 fully saturated rings. The molecule has 4 heteroatoms. The summed E-state index contributed by atoms with van der Waals surface area (Å²) in [6.45, 7) is 2.87. The van der Waals surface area contributed by atoms with Crippen molar-refractivity contribution in [1.29, 1.82) is 0 Å². The first-order valence-electron chi connectivity index (χ1n) is 5.72. The number of hydrogen-bond acceptors (Lipinski definition) is 4. The van der Waals surface area contributed by atoms with E-state index in [1.165, 1.54) is 5.56 Å². The normalized spacial score (nSPS) is 10.2. The maximum absolute atomic E-state index is 5.31. The van der Waals surface area contributed by atoms with Crippen LogP contribution in [-0.2, 0) is 6.54 Å². The Hall–Kier alpha value is -1.68. The number of rotatable bonds is 5. The Morgan fingerprint density at radius 3 is 2.50 bits per heavy atom. The van der Waals surface area contributed by atoms with Crippen LogP contribution in [-0.4, -0.2) is 14.2 Å². The molecule has 0 unspecified atom stereocenters. The van der Waals surface area contributed by atoms with Crippen LogP contribution in [0.3, 0.4) is 0 Å². The quantitative estimate of drug-likeness (QED) is 0.892. The summed E-state index contributed by atoms with van der Waals surface area (Å²) in [5.74, 6) is 1.51. The molecule has 0 radical (unpaired) electrons. The number of hydrogen-bond donors (Lipinski definition) is 1. The second-order valence-corrected chi connectivity index (χ2v) is 4.79. The molecule has 96 valence electrons. The van der Waals surface area contributed by atoms with Crippen molar-refractivity contribution in [3.05, 3.63) is 40.1 Å². The van der Waals surface area contributed by atoms with Crippen molar-refractivity contribution >= 4 is 17.0 Å². The van der Waals surface area contributed by atoms with Gasteiger partial charge in [0, 0.05) is 18.3 Å². The topological polar surface area (TPSA) is 30.5 Å². The highest BCUT2D eigenvalue weighted by molar-refractivity contribution is 7.07. The molecule has 0 amide bonds. The summed E-state index contributed by atoms with van der Waals surface area (Å²) in [6, 6.07) is 6.07. The Bertz CT molecular complexity index is 509. The van der Waals surface area contributed by atoms with Gasteiger partial charge in [0.05, 0.1) is 14.2 Å². The highest BCUT2D eigenvalue weighted by atomic mass is 32.1. The van der Waals surface area contributed by atoms with Crippen LogP contribution >= 0.6 is 11.3 Å². The second kappa shape index (κ2) is 5.78. The summed E-state index contributed by atoms with van der Waals surface area (Å²) < 4.78 is 10.6. The molecule has 1 heterocycles. The lowest BCUT2D eigenvalue weighted by atomic mass is 10.1. The molecule has 1 aromatic carbocycles. The monoisotopic (exact) mass is 263 g/mol. The first-order chi connectivity index (χ1) is 8.74. The molecule has 1 N–H and O–H groups in total. The third kappa shape index (κ3) is 2.76. The minimum Gasteiger partial charge on any atom is -0.493 e. The molecule has 0 saturated carbocycles. The minimum absolute atomic E-state index is 0.746. The largest absolute Gasteiger partial charge is 0.493 e. The van der Waals surface area contributed by atoms with Gasteiger partial charge in [0.1, 0.15) is 0 Å². The average molecular weight is 263 g/mol. The molecule has 18 heavy (non-hydrogen) atoms. The molecule has 0 spiro atoms. The van der Waals surface area contributed by atoms with Crippen molar-refractivity contribution in [1.82, 2.24) is 0 Å². The van der Waals surface area contributed by atoms with Crippen molar-refractivity contribution in [3.8, 4) is 11.5 Å². The summed E-state index contributed by atoms with van der Waals surface area (Å²) >= 11 is 1.71. The summed E-state index contributed by atoms with van der Waals surface area (Å²) in [6.07, 6.45) is 0. The van der Waals surface area contributed by atoms with Crippen LogP contribution in [0.4, 0.5) is 5.69 Å². The molecule has 0 saturated heterocycles. The predicted molar refractivity (Wildman–Crippen MR) is 75.9 cm³/mol. The maximum atomic E-state index is 5.31. The molecule has 2 rings (SSSR count). The van der Waals surface area contributed by atoms with Crippen molar-refractivity contribution in [2.24, 2.45) is 0 Å². The van der Waals surface area contributed by atoms with Gasteiger partial charge >= 0.3 is 0 Å². The zero-order chi connectivity index (χ0) is 13.0. The van der Waals surface area contributed by atoms with Gasteiger partial charge in [-0.05, 0) is 40.9 Å². The van der Waals surface area contributed by atoms with E-state index in [4.69, 9.17) is 9.47 Å². The van der Waals surface area contributed by atoms with Gasteiger partial charge in [0.25, 0.3) is 0 Å². The number of benzene rings is 1. The highest BCUT2D eigenvalue weighted by Gasteiger charge is 2.08. The lowest BCUT2D eigenvalue weighted by molar-refractivity contribution is 0.355. The van der Waals surface area contributed by atoms with Gasteiger partial charge in [0.2, 0.25) is 0 Å². The van der Waals surface area contributed by atoms with E-state index in [-0.39, 0.29) is 0 Å². The molecule has 0 aliphatic carbocycles. The molecular weight excluding hydrogens is 246 g/mol. The van der Waals surface area contributed by atoms with E-state index < -0.39 is 0 Å². The average Bonchev–Trinajstić information content (AvgIpc) is 2.90. The van der Waals surface area contributed by atoms with Crippen LogP contribution in [0.25, 0.3) is 0 Å². The fourth-order valence-electron chi connectivity index (χ4n) is 1.76. The van der Waals surface area contributed by atoms with Crippen LogP contribution < -0.4 is 14.8 Å². The predicted octanol–water partition coefficient (Wildman–Crippen LogP) is 3.69. The molecule has 0 aliphatic heterocycles. The summed E-state index contributed by atoms with van der Waals surface area (Å²) in [7, 11) is 3.30. The third-order valence-electron chi connectivity index (χ3n) is 2.79. The Morgan fingerprint density at radius 2 is 1.89 bits per heavy atom. The molecule has 0 atom stereocenters. The van der Waals surface area contributed by atoms with Gasteiger partial charge in [-0.15, -0.1) is 0 Å². The van der Waals surface area contributed by atoms with Gasteiger partial charge in [0.15, 0.2) is 11.5 Å². The van der Waals surface area contributed by atoms with E-state index in [1.54, 1.807) is 25.6 Å².